The monoisotopic (exact) mass is 245 g/mol. The fraction of sp³-hybridized carbons (Fsp3) is 0.923. The Hall–Kier alpha value is -0.610. The molecule has 0 radical (unpaired) electrons. The van der Waals surface area contributed by atoms with E-state index in [0.29, 0.717) is 32.6 Å². The molecule has 0 unspecified atom stereocenters. The van der Waals surface area contributed by atoms with Crippen molar-refractivity contribution in [2.24, 2.45) is 5.41 Å². The molecule has 0 heterocycles. The summed E-state index contributed by atoms with van der Waals surface area (Å²) in [4.78, 5) is 13.6. The van der Waals surface area contributed by atoms with Gasteiger partial charge in [0.1, 0.15) is 0 Å². The largest absolute Gasteiger partial charge is 0.481 e. The standard InChI is InChI=1S/C13H27NO3/c1-5-13(6-2,12(15)16)11-14(7-3)9-10-17-8-4/h5-11H2,1-4H3,(H,15,16). The van der Waals surface area contributed by atoms with Crippen molar-refractivity contribution in [3.63, 3.8) is 0 Å². The van der Waals surface area contributed by atoms with Crippen LogP contribution < -0.4 is 0 Å². The summed E-state index contributed by atoms with van der Waals surface area (Å²) in [5.41, 5.74) is -0.609. The highest BCUT2D eigenvalue weighted by atomic mass is 16.5. The van der Waals surface area contributed by atoms with Crippen LogP contribution in [0.25, 0.3) is 0 Å². The molecular weight excluding hydrogens is 218 g/mol. The molecule has 0 atom stereocenters. The number of carboxylic acid groups (broad SMARTS) is 1. The van der Waals surface area contributed by atoms with Gasteiger partial charge < -0.3 is 14.7 Å². The predicted molar refractivity (Wildman–Crippen MR) is 69.3 cm³/mol. The number of hydrogen-bond donors (Lipinski definition) is 1. The molecule has 102 valence electrons. The third-order valence-corrected chi connectivity index (χ3v) is 3.54. The van der Waals surface area contributed by atoms with E-state index >= 15 is 0 Å². The highest BCUT2D eigenvalue weighted by Crippen LogP contribution is 2.27. The Kier molecular flexibility index (Phi) is 8.17. The molecule has 0 amide bonds. The first-order valence-corrected chi connectivity index (χ1v) is 6.59. The zero-order valence-corrected chi connectivity index (χ0v) is 11.7. The second kappa shape index (κ2) is 8.48. The van der Waals surface area contributed by atoms with Gasteiger partial charge >= 0.3 is 5.97 Å². The van der Waals surface area contributed by atoms with E-state index in [0.717, 1.165) is 13.1 Å². The smallest absolute Gasteiger partial charge is 0.310 e. The first-order chi connectivity index (χ1) is 8.06. The van der Waals surface area contributed by atoms with Gasteiger partial charge in [-0.2, -0.15) is 0 Å². The third kappa shape index (κ3) is 5.04. The summed E-state index contributed by atoms with van der Waals surface area (Å²) in [6.45, 7) is 11.6. The van der Waals surface area contributed by atoms with Crippen LogP contribution in [0.4, 0.5) is 0 Å². The van der Waals surface area contributed by atoms with E-state index in [4.69, 9.17) is 4.74 Å². The maximum absolute atomic E-state index is 11.4. The highest BCUT2D eigenvalue weighted by molar-refractivity contribution is 5.74. The normalized spacial score (nSPS) is 12.1. The lowest BCUT2D eigenvalue weighted by Crippen LogP contribution is -2.43. The summed E-state index contributed by atoms with van der Waals surface area (Å²) < 4.78 is 5.32. The Bertz CT molecular complexity index is 215. The maximum atomic E-state index is 11.4. The molecule has 0 aliphatic heterocycles. The molecule has 0 bridgehead atoms. The van der Waals surface area contributed by atoms with Crippen molar-refractivity contribution in [3.8, 4) is 0 Å². The van der Waals surface area contributed by atoms with Gasteiger partial charge in [0.15, 0.2) is 0 Å². The topological polar surface area (TPSA) is 49.8 Å². The molecule has 4 heteroatoms. The molecule has 0 saturated heterocycles. The van der Waals surface area contributed by atoms with Crippen molar-refractivity contribution in [2.45, 2.75) is 40.5 Å². The van der Waals surface area contributed by atoms with Gasteiger partial charge in [0, 0.05) is 19.7 Å². The van der Waals surface area contributed by atoms with Crippen molar-refractivity contribution in [1.82, 2.24) is 4.90 Å². The molecule has 1 N–H and O–H groups in total. The van der Waals surface area contributed by atoms with E-state index in [9.17, 15) is 9.90 Å². The van der Waals surface area contributed by atoms with Crippen LogP contribution in [0.15, 0.2) is 0 Å². The van der Waals surface area contributed by atoms with Gasteiger partial charge in [0.05, 0.1) is 12.0 Å². The Morgan fingerprint density at radius 3 is 2.18 bits per heavy atom. The lowest BCUT2D eigenvalue weighted by atomic mass is 9.82. The molecule has 17 heavy (non-hydrogen) atoms. The average Bonchev–Trinajstić information content (AvgIpc) is 2.33. The zero-order valence-electron chi connectivity index (χ0n) is 11.7. The SMILES string of the molecule is CCOCCN(CC)CC(CC)(CC)C(=O)O. The fourth-order valence-electron chi connectivity index (χ4n) is 1.96. The van der Waals surface area contributed by atoms with Gasteiger partial charge in [-0.3, -0.25) is 4.79 Å². The summed E-state index contributed by atoms with van der Waals surface area (Å²) in [5, 5.41) is 9.38. The Morgan fingerprint density at radius 1 is 1.24 bits per heavy atom. The summed E-state index contributed by atoms with van der Waals surface area (Å²) in [7, 11) is 0. The number of nitrogens with zero attached hydrogens (tertiary/aromatic N) is 1. The van der Waals surface area contributed by atoms with Crippen molar-refractivity contribution < 1.29 is 14.6 Å². The molecule has 0 aliphatic rings. The number of carbonyl (C=O) groups is 1. The van der Waals surface area contributed by atoms with Crippen LogP contribution in [0, 0.1) is 5.41 Å². The number of hydrogen-bond acceptors (Lipinski definition) is 3. The van der Waals surface area contributed by atoms with Crippen LogP contribution in [-0.4, -0.2) is 48.8 Å². The Balaban J connectivity index is 4.43. The summed E-state index contributed by atoms with van der Waals surface area (Å²) in [5.74, 6) is -0.683. The lowest BCUT2D eigenvalue weighted by Gasteiger charge is -2.33. The average molecular weight is 245 g/mol. The molecule has 0 saturated carbocycles. The first-order valence-electron chi connectivity index (χ1n) is 6.59. The van der Waals surface area contributed by atoms with Crippen molar-refractivity contribution >= 4 is 5.97 Å². The molecule has 0 spiro atoms. The molecule has 0 rings (SSSR count). The van der Waals surface area contributed by atoms with Crippen LogP contribution in [-0.2, 0) is 9.53 Å². The van der Waals surface area contributed by atoms with Crippen molar-refractivity contribution in [1.29, 1.82) is 0 Å². The molecule has 0 aliphatic carbocycles. The van der Waals surface area contributed by atoms with Crippen LogP contribution in [0.3, 0.4) is 0 Å². The highest BCUT2D eigenvalue weighted by Gasteiger charge is 2.36. The Morgan fingerprint density at radius 2 is 1.82 bits per heavy atom. The van der Waals surface area contributed by atoms with Gasteiger partial charge in [0.2, 0.25) is 0 Å². The van der Waals surface area contributed by atoms with Crippen molar-refractivity contribution in [3.05, 3.63) is 0 Å². The predicted octanol–water partition coefficient (Wildman–Crippen LogP) is 2.24. The third-order valence-electron chi connectivity index (χ3n) is 3.54. The molecule has 4 nitrogen and oxygen atoms in total. The van der Waals surface area contributed by atoms with Gasteiger partial charge in [0.25, 0.3) is 0 Å². The molecule has 0 aromatic carbocycles. The van der Waals surface area contributed by atoms with E-state index in [1.165, 1.54) is 0 Å². The fourth-order valence-corrected chi connectivity index (χ4v) is 1.96. The minimum atomic E-state index is -0.683. The summed E-state index contributed by atoms with van der Waals surface area (Å²) in [6, 6.07) is 0. The molecule has 0 aromatic rings. The first kappa shape index (κ1) is 16.4. The van der Waals surface area contributed by atoms with E-state index in [2.05, 4.69) is 11.8 Å². The van der Waals surface area contributed by atoms with Gasteiger partial charge in [-0.05, 0) is 26.3 Å². The van der Waals surface area contributed by atoms with Gasteiger partial charge in [-0.25, -0.2) is 0 Å². The number of aliphatic carboxylic acids is 1. The van der Waals surface area contributed by atoms with Crippen LogP contribution in [0.2, 0.25) is 0 Å². The van der Waals surface area contributed by atoms with E-state index in [-0.39, 0.29) is 0 Å². The van der Waals surface area contributed by atoms with Gasteiger partial charge in [-0.1, -0.05) is 20.8 Å². The molecular formula is C13H27NO3. The summed E-state index contributed by atoms with van der Waals surface area (Å²) in [6.07, 6.45) is 1.34. The maximum Gasteiger partial charge on any atom is 0.310 e. The summed E-state index contributed by atoms with van der Waals surface area (Å²) >= 11 is 0. The zero-order chi connectivity index (χ0) is 13.3. The minimum absolute atomic E-state index is 0.609. The second-order valence-corrected chi connectivity index (χ2v) is 4.36. The van der Waals surface area contributed by atoms with E-state index in [1.807, 2.05) is 20.8 Å². The quantitative estimate of drug-likeness (QED) is 0.600. The number of likely N-dealkylation sites (N-methyl/N-ethyl adjacent to an activating group) is 1. The molecule has 0 aromatic heterocycles. The second-order valence-electron chi connectivity index (χ2n) is 4.36. The van der Waals surface area contributed by atoms with Crippen LogP contribution in [0.5, 0.6) is 0 Å². The van der Waals surface area contributed by atoms with Crippen LogP contribution >= 0.6 is 0 Å². The lowest BCUT2D eigenvalue weighted by molar-refractivity contribution is -0.151. The minimum Gasteiger partial charge on any atom is -0.481 e. The van der Waals surface area contributed by atoms with Crippen molar-refractivity contribution in [2.75, 3.05) is 32.8 Å². The van der Waals surface area contributed by atoms with E-state index < -0.39 is 11.4 Å². The van der Waals surface area contributed by atoms with Crippen LogP contribution in [0.1, 0.15) is 40.5 Å². The molecule has 0 fully saturated rings. The number of ether oxygens (including phenoxy) is 1. The number of rotatable bonds is 10. The van der Waals surface area contributed by atoms with Gasteiger partial charge in [-0.15, -0.1) is 0 Å². The van der Waals surface area contributed by atoms with E-state index in [1.54, 1.807) is 0 Å². The number of carboxylic acids is 1. The Labute approximate surface area is 105 Å².